The lowest BCUT2D eigenvalue weighted by molar-refractivity contribution is -0.137. The number of hydrogen-bond donors (Lipinski definition) is 1. The first kappa shape index (κ1) is 20.1. The van der Waals surface area contributed by atoms with Crippen LogP contribution >= 0.6 is 0 Å². The zero-order valence-corrected chi connectivity index (χ0v) is 15.0. The smallest absolute Gasteiger partial charge is 0.418 e. The van der Waals surface area contributed by atoms with Crippen LogP contribution in [0.25, 0.3) is 0 Å². The highest BCUT2D eigenvalue weighted by molar-refractivity contribution is 5.95. The summed E-state index contributed by atoms with van der Waals surface area (Å²) < 4.78 is 45.5. The molecule has 1 amide bonds. The van der Waals surface area contributed by atoms with Gasteiger partial charge in [0.05, 0.1) is 16.8 Å². The molecule has 0 saturated heterocycles. The third-order valence-electron chi connectivity index (χ3n) is 3.76. The Morgan fingerprint density at radius 1 is 1.22 bits per heavy atom. The fraction of sp³-hybridized carbons (Fsp3) is 0.263. The van der Waals surface area contributed by atoms with Crippen LogP contribution in [-0.4, -0.2) is 26.1 Å². The van der Waals surface area contributed by atoms with Gasteiger partial charge in [0.2, 0.25) is 0 Å². The van der Waals surface area contributed by atoms with Crippen molar-refractivity contribution in [2.24, 2.45) is 0 Å². The molecule has 0 aliphatic heterocycles. The highest BCUT2D eigenvalue weighted by Crippen LogP contribution is 2.37. The van der Waals surface area contributed by atoms with Crippen LogP contribution in [0.5, 0.6) is 5.75 Å². The van der Waals surface area contributed by atoms with Crippen LogP contribution in [0.1, 0.15) is 18.1 Å². The monoisotopic (exact) mass is 377 g/mol. The average molecular weight is 377 g/mol. The van der Waals surface area contributed by atoms with E-state index in [0.717, 1.165) is 6.07 Å². The largest absolute Gasteiger partial charge is 0.480 e. The second-order valence-electron chi connectivity index (χ2n) is 5.98. The number of nitrogens with one attached hydrogen (secondary N) is 1. The van der Waals surface area contributed by atoms with E-state index in [0.29, 0.717) is 5.69 Å². The zero-order chi connectivity index (χ0) is 20.2. The minimum absolute atomic E-state index is 0.182. The molecule has 0 aromatic heterocycles. The maximum absolute atomic E-state index is 13.4. The zero-order valence-electron chi connectivity index (χ0n) is 15.0. The lowest BCUT2D eigenvalue weighted by Crippen LogP contribution is -2.31. The van der Waals surface area contributed by atoms with Gasteiger partial charge in [-0.1, -0.05) is 12.1 Å². The van der Waals surface area contributed by atoms with E-state index in [1.807, 2.05) is 6.07 Å². The van der Waals surface area contributed by atoms with Crippen LogP contribution < -0.4 is 15.0 Å². The van der Waals surface area contributed by atoms with Gasteiger partial charge in [-0.2, -0.15) is 18.4 Å². The first-order valence-electron chi connectivity index (χ1n) is 7.98. The summed E-state index contributed by atoms with van der Waals surface area (Å²) in [5.74, 6) is -0.576. The van der Waals surface area contributed by atoms with Crippen molar-refractivity contribution in [1.82, 2.24) is 0 Å². The summed E-state index contributed by atoms with van der Waals surface area (Å²) in [6.45, 7) is 1.39. The molecule has 27 heavy (non-hydrogen) atoms. The van der Waals surface area contributed by atoms with E-state index >= 15 is 0 Å². The van der Waals surface area contributed by atoms with Crippen LogP contribution in [0.4, 0.5) is 24.5 Å². The van der Waals surface area contributed by atoms with E-state index in [1.54, 1.807) is 26.2 Å². The van der Waals surface area contributed by atoms with Crippen LogP contribution in [0.2, 0.25) is 0 Å². The Morgan fingerprint density at radius 2 is 1.89 bits per heavy atom. The second-order valence-corrected chi connectivity index (χ2v) is 5.98. The Kier molecular flexibility index (Phi) is 5.95. The number of nitrogens with zero attached hydrogens (tertiary/aromatic N) is 2. The lowest BCUT2D eigenvalue weighted by atomic mass is 10.1. The Bertz CT molecular complexity index is 873. The molecule has 0 spiro atoms. The first-order valence-corrected chi connectivity index (χ1v) is 7.98. The number of anilines is 2. The number of alkyl halides is 3. The Labute approximate surface area is 155 Å². The molecule has 8 heteroatoms. The minimum atomic E-state index is -4.63. The molecular formula is C19H18F3N3O2. The molecule has 0 bridgehead atoms. The molecule has 0 aliphatic rings. The van der Waals surface area contributed by atoms with Gasteiger partial charge >= 0.3 is 6.18 Å². The van der Waals surface area contributed by atoms with E-state index in [9.17, 15) is 18.0 Å². The molecule has 2 rings (SSSR count). The minimum Gasteiger partial charge on any atom is -0.480 e. The van der Waals surface area contributed by atoms with E-state index in [-0.39, 0.29) is 17.0 Å². The number of hydrogen-bond acceptors (Lipinski definition) is 4. The van der Waals surface area contributed by atoms with Gasteiger partial charge in [0.25, 0.3) is 5.91 Å². The van der Waals surface area contributed by atoms with Gasteiger partial charge in [-0.25, -0.2) is 0 Å². The van der Waals surface area contributed by atoms with Crippen molar-refractivity contribution in [1.29, 1.82) is 5.26 Å². The summed E-state index contributed by atoms with van der Waals surface area (Å²) in [5.41, 5.74) is -0.732. The summed E-state index contributed by atoms with van der Waals surface area (Å²) in [6, 6.07) is 11.9. The number of carbonyl (C=O) groups excluding carboxylic acids is 1. The number of nitriles is 1. The van der Waals surface area contributed by atoms with Crippen LogP contribution in [0, 0.1) is 11.3 Å². The lowest BCUT2D eigenvalue weighted by Gasteiger charge is -2.20. The number of halogens is 3. The summed E-state index contributed by atoms with van der Waals surface area (Å²) in [4.78, 5) is 13.9. The van der Waals surface area contributed by atoms with Crippen molar-refractivity contribution in [3.63, 3.8) is 0 Å². The number of carbonyl (C=O) groups is 1. The fourth-order valence-electron chi connectivity index (χ4n) is 2.29. The Balaban J connectivity index is 2.23. The number of ether oxygens (including phenoxy) is 1. The van der Waals surface area contributed by atoms with Gasteiger partial charge in [0.1, 0.15) is 11.8 Å². The Hall–Kier alpha value is -3.21. The topological polar surface area (TPSA) is 65.4 Å². The van der Waals surface area contributed by atoms with Crippen LogP contribution in [0.15, 0.2) is 42.5 Å². The molecule has 1 atom stereocenters. The highest BCUT2D eigenvalue weighted by Gasteiger charge is 2.35. The Morgan fingerprint density at radius 3 is 2.48 bits per heavy atom. The molecule has 0 saturated carbocycles. The molecule has 0 fully saturated rings. The quantitative estimate of drug-likeness (QED) is 0.854. The van der Waals surface area contributed by atoms with Gasteiger partial charge in [-0.3, -0.25) is 4.79 Å². The third-order valence-corrected chi connectivity index (χ3v) is 3.76. The molecule has 2 aromatic rings. The van der Waals surface area contributed by atoms with Crippen molar-refractivity contribution in [2.75, 3.05) is 24.3 Å². The summed E-state index contributed by atoms with van der Waals surface area (Å²) in [7, 11) is 3.24. The van der Waals surface area contributed by atoms with Crippen molar-refractivity contribution >= 4 is 17.3 Å². The maximum Gasteiger partial charge on any atom is 0.418 e. The van der Waals surface area contributed by atoms with E-state index in [4.69, 9.17) is 10.00 Å². The standard InChI is InChI=1S/C19H18F3N3O2/c1-12(27-17-7-5-4-6-13(17)11-23)18(26)24-16-9-8-14(25(2)3)10-15(16)19(20,21)22/h4-10,12H,1-3H3,(H,24,26). The predicted octanol–water partition coefficient (Wildman–Crippen LogP) is 4.05. The summed E-state index contributed by atoms with van der Waals surface area (Å²) in [6.07, 6.45) is -5.74. The normalized spacial score (nSPS) is 12.0. The fourth-order valence-corrected chi connectivity index (χ4v) is 2.29. The average Bonchev–Trinajstić information content (AvgIpc) is 2.61. The van der Waals surface area contributed by atoms with Crippen molar-refractivity contribution in [3.05, 3.63) is 53.6 Å². The maximum atomic E-state index is 13.4. The molecule has 2 aromatic carbocycles. The van der Waals surface area contributed by atoms with Crippen molar-refractivity contribution < 1.29 is 22.7 Å². The van der Waals surface area contributed by atoms with Crippen molar-refractivity contribution in [2.45, 2.75) is 19.2 Å². The van der Waals surface area contributed by atoms with Crippen LogP contribution in [-0.2, 0) is 11.0 Å². The second kappa shape index (κ2) is 7.99. The van der Waals surface area contributed by atoms with E-state index in [2.05, 4.69) is 5.32 Å². The molecule has 0 heterocycles. The number of rotatable bonds is 5. The van der Waals surface area contributed by atoms with Crippen molar-refractivity contribution in [3.8, 4) is 11.8 Å². The molecule has 0 radical (unpaired) electrons. The predicted molar refractivity (Wildman–Crippen MR) is 95.6 cm³/mol. The first-order chi connectivity index (χ1) is 12.6. The molecule has 1 unspecified atom stereocenters. The van der Waals surface area contributed by atoms with E-state index < -0.39 is 23.8 Å². The van der Waals surface area contributed by atoms with Gasteiger partial charge in [-0.15, -0.1) is 0 Å². The molecule has 5 nitrogen and oxygen atoms in total. The van der Waals surface area contributed by atoms with Gasteiger partial charge in [0.15, 0.2) is 6.10 Å². The molecule has 1 N–H and O–H groups in total. The van der Waals surface area contributed by atoms with Crippen LogP contribution in [0.3, 0.4) is 0 Å². The number of benzene rings is 2. The van der Waals surface area contributed by atoms with Gasteiger partial charge < -0.3 is 15.0 Å². The SMILES string of the molecule is CC(Oc1ccccc1C#N)C(=O)Nc1ccc(N(C)C)cc1C(F)(F)F. The number of amides is 1. The summed E-state index contributed by atoms with van der Waals surface area (Å²) >= 11 is 0. The number of para-hydroxylation sites is 1. The molecular weight excluding hydrogens is 359 g/mol. The van der Waals surface area contributed by atoms with Gasteiger partial charge in [0, 0.05) is 19.8 Å². The van der Waals surface area contributed by atoms with Gasteiger partial charge in [-0.05, 0) is 37.3 Å². The highest BCUT2D eigenvalue weighted by atomic mass is 19.4. The summed E-state index contributed by atoms with van der Waals surface area (Å²) in [5, 5.41) is 11.3. The van der Waals surface area contributed by atoms with E-state index in [1.165, 1.54) is 36.1 Å². The molecule has 142 valence electrons. The molecule has 0 aliphatic carbocycles. The third kappa shape index (κ3) is 4.91.